The van der Waals surface area contributed by atoms with Gasteiger partial charge in [-0.05, 0) is 76.5 Å². The molecule has 12 heteroatoms. The van der Waals surface area contributed by atoms with Gasteiger partial charge in [-0.15, -0.1) is 0 Å². The van der Waals surface area contributed by atoms with E-state index in [-0.39, 0.29) is 12.3 Å². The molecular weight excluding hydrogens is 460 g/mol. The van der Waals surface area contributed by atoms with Gasteiger partial charge in [0.25, 0.3) is 0 Å². The van der Waals surface area contributed by atoms with Crippen LogP contribution in [0.25, 0.3) is 0 Å². The molecule has 0 aromatic heterocycles. The van der Waals surface area contributed by atoms with E-state index in [9.17, 15) is 24.3 Å². The van der Waals surface area contributed by atoms with Crippen LogP contribution in [0.2, 0.25) is 0 Å². The molecule has 34 heavy (non-hydrogen) atoms. The number of carbonyl (C=O) groups is 4. The lowest BCUT2D eigenvalue weighted by Gasteiger charge is -2.28. The molecule has 1 saturated heterocycles. The van der Waals surface area contributed by atoms with Crippen molar-refractivity contribution in [3.8, 4) is 0 Å². The number of amides is 3. The number of likely N-dealkylation sites (tertiary alicyclic amines) is 1. The van der Waals surface area contributed by atoms with E-state index in [1.54, 1.807) is 0 Å². The molecule has 4 unspecified atom stereocenters. The number of nitrogens with two attached hydrogens (primary N) is 3. The normalized spacial score (nSPS) is 18.2. The monoisotopic (exact) mass is 502 g/mol. The fourth-order valence-corrected chi connectivity index (χ4v) is 4.41. The van der Waals surface area contributed by atoms with Crippen molar-refractivity contribution in [1.29, 1.82) is 0 Å². The minimum atomic E-state index is -1.12. The van der Waals surface area contributed by atoms with E-state index in [4.69, 9.17) is 17.2 Å². The first kappa shape index (κ1) is 30.1. The molecule has 4 atom stereocenters. The highest BCUT2D eigenvalue weighted by Crippen LogP contribution is 2.20. The maximum absolute atomic E-state index is 13.1. The fraction of sp³-hybridized carbons (Fsp3) is 0.818. The Hall–Kier alpha value is -1.89. The molecule has 1 aliphatic rings. The predicted molar refractivity (Wildman–Crippen MR) is 133 cm³/mol. The minimum Gasteiger partial charge on any atom is -0.480 e. The molecule has 0 bridgehead atoms. The Morgan fingerprint density at radius 3 is 2.24 bits per heavy atom. The van der Waals surface area contributed by atoms with Crippen LogP contribution in [-0.4, -0.2) is 89.5 Å². The Kier molecular flexibility index (Phi) is 14.8. The van der Waals surface area contributed by atoms with E-state index in [1.807, 2.05) is 6.26 Å². The number of carboxylic acid groups (broad SMARTS) is 1. The van der Waals surface area contributed by atoms with Crippen LogP contribution in [0.1, 0.15) is 57.8 Å². The van der Waals surface area contributed by atoms with E-state index in [2.05, 4.69) is 10.6 Å². The standard InChI is InChI=1S/C22H42N6O5S/c1-34-14-10-17(22(32)33)27-19(29)16(8-3-5-12-24)26-20(30)18-9-6-13-28(18)21(31)15(25)7-2-4-11-23/h15-18H,2-14,23-25H2,1H3,(H,26,30)(H,27,29)(H,32,33). The van der Waals surface area contributed by atoms with E-state index in [0.29, 0.717) is 63.9 Å². The molecule has 0 aliphatic carbocycles. The second-order valence-corrected chi connectivity index (χ2v) is 9.59. The van der Waals surface area contributed by atoms with Gasteiger partial charge in [0.15, 0.2) is 0 Å². The van der Waals surface area contributed by atoms with Crippen molar-refractivity contribution in [3.05, 3.63) is 0 Å². The summed E-state index contributed by atoms with van der Waals surface area (Å²) in [6.07, 6.45) is 6.87. The Balaban J connectivity index is 2.84. The highest BCUT2D eigenvalue weighted by molar-refractivity contribution is 7.98. The first-order valence-corrected chi connectivity index (χ1v) is 13.4. The summed E-state index contributed by atoms with van der Waals surface area (Å²) >= 11 is 1.49. The number of thioether (sulfide) groups is 1. The van der Waals surface area contributed by atoms with Crippen molar-refractivity contribution in [2.45, 2.75) is 82.0 Å². The van der Waals surface area contributed by atoms with Gasteiger partial charge in [-0.25, -0.2) is 4.79 Å². The zero-order valence-corrected chi connectivity index (χ0v) is 21.0. The van der Waals surface area contributed by atoms with Crippen LogP contribution in [0.4, 0.5) is 0 Å². The van der Waals surface area contributed by atoms with Crippen LogP contribution in [0, 0.1) is 0 Å². The largest absolute Gasteiger partial charge is 0.480 e. The average Bonchev–Trinajstić information content (AvgIpc) is 3.30. The SMILES string of the molecule is CSCCC(NC(=O)C(CCCCN)NC(=O)C1CCCN1C(=O)C(N)CCCCN)C(=O)O. The van der Waals surface area contributed by atoms with Gasteiger partial charge in [0, 0.05) is 6.54 Å². The van der Waals surface area contributed by atoms with Crippen LogP contribution in [0.15, 0.2) is 0 Å². The third kappa shape index (κ3) is 10.2. The molecule has 0 spiro atoms. The molecular formula is C22H42N6O5S. The molecule has 1 fully saturated rings. The molecule has 0 aromatic rings. The molecule has 3 amide bonds. The topological polar surface area (TPSA) is 194 Å². The van der Waals surface area contributed by atoms with Crippen LogP contribution in [0.3, 0.4) is 0 Å². The van der Waals surface area contributed by atoms with Crippen LogP contribution in [-0.2, 0) is 19.2 Å². The Labute approximate surface area is 206 Å². The lowest BCUT2D eigenvalue weighted by atomic mass is 10.1. The molecule has 196 valence electrons. The Morgan fingerprint density at radius 2 is 1.65 bits per heavy atom. The number of hydrogen-bond acceptors (Lipinski definition) is 8. The van der Waals surface area contributed by atoms with E-state index >= 15 is 0 Å². The molecule has 9 N–H and O–H groups in total. The third-order valence-corrected chi connectivity index (χ3v) is 6.57. The average molecular weight is 503 g/mol. The molecule has 1 rings (SSSR count). The number of aliphatic carboxylic acids is 1. The molecule has 11 nitrogen and oxygen atoms in total. The van der Waals surface area contributed by atoms with Crippen molar-refractivity contribution < 1.29 is 24.3 Å². The summed E-state index contributed by atoms with van der Waals surface area (Å²) in [7, 11) is 0. The smallest absolute Gasteiger partial charge is 0.326 e. The van der Waals surface area contributed by atoms with E-state index < -0.39 is 42.0 Å². The zero-order valence-electron chi connectivity index (χ0n) is 20.2. The Bertz CT molecular complexity index is 668. The van der Waals surface area contributed by atoms with Gasteiger partial charge in [0.2, 0.25) is 17.7 Å². The lowest BCUT2D eigenvalue weighted by Crippen LogP contribution is -2.56. The number of nitrogens with zero attached hydrogens (tertiary/aromatic N) is 1. The molecule has 0 radical (unpaired) electrons. The summed E-state index contributed by atoms with van der Waals surface area (Å²) in [5.74, 6) is -1.80. The van der Waals surface area contributed by atoms with E-state index in [1.165, 1.54) is 16.7 Å². The van der Waals surface area contributed by atoms with Gasteiger partial charge in [0.1, 0.15) is 18.1 Å². The number of nitrogens with one attached hydrogen (secondary N) is 2. The number of carbonyl (C=O) groups excluding carboxylic acids is 3. The van der Waals surface area contributed by atoms with Gasteiger partial charge in [-0.2, -0.15) is 11.8 Å². The van der Waals surface area contributed by atoms with Crippen molar-refractivity contribution in [3.63, 3.8) is 0 Å². The number of carboxylic acids is 1. The zero-order chi connectivity index (χ0) is 25.5. The lowest BCUT2D eigenvalue weighted by molar-refractivity contribution is -0.143. The summed E-state index contributed by atoms with van der Waals surface area (Å²) in [6, 6.07) is -3.35. The summed E-state index contributed by atoms with van der Waals surface area (Å²) < 4.78 is 0. The van der Waals surface area contributed by atoms with Gasteiger partial charge in [-0.1, -0.05) is 6.42 Å². The first-order valence-electron chi connectivity index (χ1n) is 12.0. The summed E-state index contributed by atoms with van der Waals surface area (Å²) in [5.41, 5.74) is 17.1. The van der Waals surface area contributed by atoms with Crippen molar-refractivity contribution >= 4 is 35.5 Å². The fourth-order valence-electron chi connectivity index (χ4n) is 3.94. The maximum Gasteiger partial charge on any atom is 0.326 e. The second-order valence-electron chi connectivity index (χ2n) is 8.61. The van der Waals surface area contributed by atoms with Gasteiger partial charge >= 0.3 is 5.97 Å². The molecule has 0 aromatic carbocycles. The molecule has 0 saturated carbocycles. The summed E-state index contributed by atoms with van der Waals surface area (Å²) in [5, 5.41) is 14.7. The van der Waals surface area contributed by atoms with E-state index in [0.717, 1.165) is 12.8 Å². The van der Waals surface area contributed by atoms with Gasteiger partial charge < -0.3 is 37.8 Å². The Morgan fingerprint density at radius 1 is 1.00 bits per heavy atom. The minimum absolute atomic E-state index is 0.276. The van der Waals surface area contributed by atoms with Crippen LogP contribution < -0.4 is 27.8 Å². The molecule has 1 heterocycles. The molecule has 1 aliphatic heterocycles. The number of hydrogen-bond donors (Lipinski definition) is 6. The van der Waals surface area contributed by atoms with Gasteiger partial charge in [-0.3, -0.25) is 14.4 Å². The quantitative estimate of drug-likeness (QED) is 0.140. The predicted octanol–water partition coefficient (Wildman–Crippen LogP) is -0.630. The summed E-state index contributed by atoms with van der Waals surface area (Å²) in [6.45, 7) is 1.41. The van der Waals surface area contributed by atoms with Crippen molar-refractivity contribution in [2.24, 2.45) is 17.2 Å². The number of rotatable bonds is 17. The van der Waals surface area contributed by atoms with Crippen LogP contribution in [0.5, 0.6) is 0 Å². The highest BCUT2D eigenvalue weighted by Gasteiger charge is 2.37. The third-order valence-electron chi connectivity index (χ3n) is 5.93. The second kappa shape index (κ2) is 16.7. The number of unbranched alkanes of at least 4 members (excludes halogenated alkanes) is 2. The van der Waals surface area contributed by atoms with Gasteiger partial charge in [0.05, 0.1) is 6.04 Å². The first-order chi connectivity index (χ1) is 16.3. The van der Waals surface area contributed by atoms with Crippen molar-refractivity contribution in [1.82, 2.24) is 15.5 Å². The maximum atomic E-state index is 13.1. The summed E-state index contributed by atoms with van der Waals surface area (Å²) in [4.78, 5) is 51.9. The van der Waals surface area contributed by atoms with Crippen molar-refractivity contribution in [2.75, 3.05) is 31.6 Å². The van der Waals surface area contributed by atoms with Crippen LogP contribution >= 0.6 is 11.8 Å². The highest BCUT2D eigenvalue weighted by atomic mass is 32.2.